The summed E-state index contributed by atoms with van der Waals surface area (Å²) in [4.78, 5) is 10.2. The van der Waals surface area contributed by atoms with Crippen molar-refractivity contribution in [3.63, 3.8) is 0 Å². The summed E-state index contributed by atoms with van der Waals surface area (Å²) < 4.78 is 38.5. The molecule has 0 bridgehead atoms. The number of benzene rings is 20. The first-order chi connectivity index (χ1) is 71.0. The van der Waals surface area contributed by atoms with E-state index in [0.717, 1.165) is 250 Å². The highest BCUT2D eigenvalue weighted by Crippen LogP contribution is 2.52. The average molecular weight is 1840 g/mol. The SMILES string of the molecule is c1ccc(-c2nnc(-c3cccc(-n4c5ccccc5c5c6oc(-c7ccccc7)c(-c7ccccc7)c6ccc54)c3)o2)cc1.c1ccc(-c2oc3c(ccc4c3c3ccccc3n4-c3cccc(-c4nc5ccccc5n4-c4ccccc4)c3)c2-c2ccccc2)cc1.c1ccc(-c2oc3c(ccc4c3c3ccccc3n4-c3cccc(-n4c(-c5ccccc5)nc5ccccc54)c3)c2-c2ccccc2)cc1. The highest BCUT2D eigenvalue weighted by atomic mass is 16.4. The van der Waals surface area contributed by atoms with E-state index < -0.39 is 0 Å². The van der Waals surface area contributed by atoms with E-state index in [0.29, 0.717) is 11.8 Å². The normalized spacial score (nSPS) is 11.6. The summed E-state index contributed by atoms with van der Waals surface area (Å²) in [6.07, 6.45) is 0. The van der Waals surface area contributed by atoms with Crippen molar-refractivity contribution in [2.24, 2.45) is 0 Å². The summed E-state index contributed by atoms with van der Waals surface area (Å²) in [5, 5.41) is 18.7. The second kappa shape index (κ2) is 34.9. The smallest absolute Gasteiger partial charge is 0.248 e. The van der Waals surface area contributed by atoms with E-state index in [1.807, 2.05) is 91.0 Å². The van der Waals surface area contributed by atoms with Crippen LogP contribution in [0.1, 0.15) is 0 Å². The number of aromatic nitrogens is 9. The fourth-order valence-electron chi connectivity index (χ4n) is 21.2. The molecule has 0 aliphatic rings. The summed E-state index contributed by atoms with van der Waals surface area (Å²) in [7, 11) is 0. The third-order valence-electron chi connectivity index (χ3n) is 27.4. The summed E-state index contributed by atoms with van der Waals surface area (Å²) in [6, 6.07) is 175. The largest absolute Gasteiger partial charge is 0.455 e. The number of para-hydroxylation sites is 8. The molecule has 0 amide bonds. The molecule has 29 aromatic rings. The zero-order chi connectivity index (χ0) is 94.4. The Balaban J connectivity index is 0.000000107. The third kappa shape index (κ3) is 14.2. The predicted octanol–water partition coefficient (Wildman–Crippen LogP) is 34.3. The van der Waals surface area contributed by atoms with Gasteiger partial charge in [-0.1, -0.05) is 352 Å². The Morgan fingerprint density at radius 2 is 0.427 bits per heavy atom. The number of nitrogens with zero attached hydrogens (tertiary/aromatic N) is 9. The van der Waals surface area contributed by atoms with Gasteiger partial charge in [-0.05, 0) is 168 Å². The molecular weight excluding hydrogens is 1750 g/mol. The first-order valence-electron chi connectivity index (χ1n) is 48.1. The lowest BCUT2D eigenvalue weighted by Crippen LogP contribution is -2.00. The molecule has 0 radical (unpaired) electrons. The van der Waals surface area contributed by atoms with E-state index in [-0.39, 0.29) is 0 Å². The highest BCUT2D eigenvalue weighted by Gasteiger charge is 2.30. The summed E-state index contributed by atoms with van der Waals surface area (Å²) in [6.45, 7) is 0. The van der Waals surface area contributed by atoms with Crippen molar-refractivity contribution in [2.45, 2.75) is 0 Å². The van der Waals surface area contributed by atoms with Crippen LogP contribution >= 0.6 is 0 Å². The minimum Gasteiger partial charge on any atom is -0.455 e. The lowest BCUT2D eigenvalue weighted by Gasteiger charge is -2.13. The fraction of sp³-hybridized carbons (Fsp3) is 0. The second-order valence-electron chi connectivity index (χ2n) is 35.8. The van der Waals surface area contributed by atoms with E-state index in [9.17, 15) is 0 Å². The molecular formula is C130H83N9O4. The first-order valence-corrected chi connectivity index (χ1v) is 48.1. The molecule has 9 aromatic heterocycles. The van der Waals surface area contributed by atoms with Crippen LogP contribution in [0, 0.1) is 0 Å². The van der Waals surface area contributed by atoms with Crippen molar-refractivity contribution in [2.75, 3.05) is 0 Å². The van der Waals surface area contributed by atoms with Gasteiger partial charge < -0.3 is 31.4 Å². The molecule has 0 saturated carbocycles. The van der Waals surface area contributed by atoms with Crippen LogP contribution in [0.3, 0.4) is 0 Å². The van der Waals surface area contributed by atoms with Crippen LogP contribution in [0.5, 0.6) is 0 Å². The number of hydrogen-bond acceptors (Lipinski definition) is 8. The Morgan fingerprint density at radius 3 is 0.818 bits per heavy atom. The van der Waals surface area contributed by atoms with Crippen LogP contribution in [0.4, 0.5) is 0 Å². The molecule has 143 heavy (non-hydrogen) atoms. The van der Waals surface area contributed by atoms with Gasteiger partial charge in [0.2, 0.25) is 11.8 Å². The monoisotopic (exact) mass is 1830 g/mol. The Morgan fingerprint density at radius 1 is 0.161 bits per heavy atom. The van der Waals surface area contributed by atoms with Crippen LogP contribution in [0.25, 0.3) is 262 Å². The first kappa shape index (κ1) is 82.9. The Bertz CT molecular complexity index is 9880. The van der Waals surface area contributed by atoms with Gasteiger partial charge in [-0.2, -0.15) is 0 Å². The number of hydrogen-bond donors (Lipinski definition) is 0. The van der Waals surface area contributed by atoms with Gasteiger partial charge >= 0.3 is 0 Å². The topological polar surface area (TPSA) is 129 Å². The van der Waals surface area contributed by atoms with Gasteiger partial charge in [-0.15, -0.1) is 10.2 Å². The summed E-state index contributed by atoms with van der Waals surface area (Å²) >= 11 is 0. The number of rotatable bonds is 15. The van der Waals surface area contributed by atoms with Crippen LogP contribution < -0.4 is 0 Å². The Kier molecular flexibility index (Phi) is 20.3. The van der Waals surface area contributed by atoms with Crippen molar-refractivity contribution in [3.05, 3.63) is 504 Å². The zero-order valence-electron chi connectivity index (χ0n) is 77.1. The van der Waals surface area contributed by atoms with E-state index >= 15 is 0 Å². The molecule has 0 atom stereocenters. The number of imidazole rings is 2. The molecule has 0 N–H and O–H groups in total. The molecule has 29 rings (SSSR count). The van der Waals surface area contributed by atoms with Crippen LogP contribution in [0.15, 0.2) is 521 Å². The highest BCUT2D eigenvalue weighted by molar-refractivity contribution is 6.26. The Hall–Kier alpha value is -19.5. The number of furan rings is 3. The second-order valence-corrected chi connectivity index (χ2v) is 35.8. The molecule has 0 spiro atoms. The maximum absolute atomic E-state index is 6.98. The van der Waals surface area contributed by atoms with Crippen LogP contribution in [-0.2, 0) is 0 Å². The molecule has 672 valence electrons. The lowest BCUT2D eigenvalue weighted by atomic mass is 9.98. The van der Waals surface area contributed by atoms with Crippen molar-refractivity contribution < 1.29 is 17.7 Å². The van der Waals surface area contributed by atoms with Gasteiger partial charge in [-0.3, -0.25) is 9.13 Å². The molecule has 0 aliphatic carbocycles. The van der Waals surface area contributed by atoms with E-state index in [2.05, 4.69) is 446 Å². The van der Waals surface area contributed by atoms with Gasteiger partial charge in [0, 0.05) is 116 Å². The molecule has 0 fully saturated rings. The minimum atomic E-state index is 0.477. The maximum atomic E-state index is 6.98. The molecule has 20 aromatic carbocycles. The fourth-order valence-corrected chi connectivity index (χ4v) is 21.2. The van der Waals surface area contributed by atoms with Gasteiger partial charge in [0.05, 0.1) is 71.3 Å². The lowest BCUT2D eigenvalue weighted by molar-refractivity contribution is 0.584. The minimum absolute atomic E-state index is 0.477. The van der Waals surface area contributed by atoms with Crippen molar-refractivity contribution in [1.82, 2.24) is 43.0 Å². The molecule has 0 saturated heterocycles. The number of fused-ring (bicyclic) bond motifs is 17. The zero-order valence-corrected chi connectivity index (χ0v) is 77.1. The summed E-state index contributed by atoms with van der Waals surface area (Å²) in [5.74, 6) is 5.43. The van der Waals surface area contributed by atoms with Gasteiger partial charge in [0.15, 0.2) is 0 Å². The van der Waals surface area contributed by atoms with Crippen molar-refractivity contribution in [1.29, 1.82) is 0 Å². The molecule has 0 aliphatic heterocycles. The van der Waals surface area contributed by atoms with Crippen LogP contribution in [0.2, 0.25) is 0 Å². The standard InChI is InChI=1S/2C45H29N3O.C40H25N3O2/c1-4-15-30(16-5-1)41-36-27-28-40-42(44(36)49-43(41)31-17-6-2-7-18-31)35-23-10-12-25-38(35)47(40)34-22-14-19-32(29-34)45-46-37-24-11-13-26-39(37)48(45)33-20-8-3-9-21-33;1-4-15-30(16-5-1)41-36-27-28-40-42(44(36)49-43(41)31-17-6-2-7-18-31)35-23-10-12-25-38(35)47(40)33-21-14-22-34(29-33)48-39-26-13-11-24-37(39)46-45(48)32-19-8-3-9-20-32;1-4-13-26(14-5-1)35-32-23-24-34-36(38(32)44-37(35)27-15-6-2-7-16-27)31-21-10-11-22-33(31)43(34)30-20-12-19-29(25-30)40-42-41-39(45-40)28-17-8-3-9-18-28/h2*1-29H;1-25H. The molecule has 9 heterocycles. The molecule has 13 heteroatoms. The predicted molar refractivity (Wildman–Crippen MR) is 583 cm³/mol. The quantitative estimate of drug-likeness (QED) is 0.0992. The average Bonchev–Trinajstić information content (AvgIpc) is 1.56. The van der Waals surface area contributed by atoms with Gasteiger partial charge in [-0.25, -0.2) is 9.97 Å². The van der Waals surface area contributed by atoms with E-state index in [4.69, 9.17) is 27.6 Å². The summed E-state index contributed by atoms with van der Waals surface area (Å²) in [5.41, 5.74) is 32.3. The van der Waals surface area contributed by atoms with Crippen molar-refractivity contribution >= 4 is 120 Å². The Labute approximate surface area is 820 Å². The van der Waals surface area contributed by atoms with Crippen molar-refractivity contribution in [3.8, 4) is 141 Å². The third-order valence-corrected chi connectivity index (χ3v) is 27.4. The van der Waals surface area contributed by atoms with E-state index in [1.165, 1.54) is 0 Å². The molecule has 0 unspecified atom stereocenters. The maximum Gasteiger partial charge on any atom is 0.248 e. The van der Waals surface area contributed by atoms with Gasteiger partial charge in [0.1, 0.15) is 45.7 Å². The van der Waals surface area contributed by atoms with Gasteiger partial charge in [0.25, 0.3) is 0 Å². The molecule has 13 nitrogen and oxygen atoms in total. The van der Waals surface area contributed by atoms with E-state index in [1.54, 1.807) is 0 Å². The van der Waals surface area contributed by atoms with Crippen LogP contribution in [-0.4, -0.2) is 43.0 Å².